The van der Waals surface area contributed by atoms with Crippen LogP contribution in [0.5, 0.6) is 0 Å². The fourth-order valence-corrected chi connectivity index (χ4v) is 3.02. The molecular formula is C15H11BrCl2N2. The molecule has 0 saturated heterocycles. The van der Waals surface area contributed by atoms with E-state index in [0.717, 1.165) is 28.0 Å². The fourth-order valence-electron chi connectivity index (χ4n) is 2.30. The molecule has 3 rings (SSSR count). The van der Waals surface area contributed by atoms with E-state index < -0.39 is 0 Å². The van der Waals surface area contributed by atoms with Crippen LogP contribution in [-0.2, 0) is 0 Å². The minimum Gasteiger partial charge on any atom is -0.338 e. The van der Waals surface area contributed by atoms with E-state index in [2.05, 4.69) is 51.9 Å². The van der Waals surface area contributed by atoms with Gasteiger partial charge in [-0.05, 0) is 59.1 Å². The predicted molar refractivity (Wildman–Crippen MR) is 88.7 cm³/mol. The average molecular weight is 370 g/mol. The number of benzene rings is 2. The number of imidazole rings is 1. The molecule has 0 unspecified atom stereocenters. The standard InChI is InChI=1S/C15H11BrCl2N2/c1-7-3-8(2)14-12(4-7)19-15(20-14)9-5-10(17)13(16)11(18)6-9/h3-6H,1-2H3,(H,19,20). The van der Waals surface area contributed by atoms with Gasteiger partial charge < -0.3 is 4.98 Å². The van der Waals surface area contributed by atoms with E-state index in [1.165, 1.54) is 5.56 Å². The van der Waals surface area contributed by atoms with Gasteiger partial charge in [-0.3, -0.25) is 0 Å². The maximum atomic E-state index is 6.15. The first-order valence-corrected chi connectivity index (χ1v) is 7.62. The van der Waals surface area contributed by atoms with Crippen LogP contribution in [0.25, 0.3) is 22.4 Å². The average Bonchev–Trinajstić information content (AvgIpc) is 2.79. The van der Waals surface area contributed by atoms with Crippen molar-refractivity contribution in [1.82, 2.24) is 9.97 Å². The van der Waals surface area contributed by atoms with Gasteiger partial charge in [0.2, 0.25) is 0 Å². The third kappa shape index (κ3) is 2.34. The molecule has 0 aliphatic carbocycles. The highest BCUT2D eigenvalue weighted by molar-refractivity contribution is 9.10. The van der Waals surface area contributed by atoms with Crippen molar-refractivity contribution in [2.75, 3.05) is 0 Å². The minimum atomic E-state index is 0.570. The molecule has 1 heterocycles. The molecule has 0 amide bonds. The lowest BCUT2D eigenvalue weighted by molar-refractivity contribution is 1.33. The molecule has 0 fully saturated rings. The van der Waals surface area contributed by atoms with Crippen LogP contribution in [0.4, 0.5) is 0 Å². The van der Waals surface area contributed by atoms with Crippen LogP contribution in [0.2, 0.25) is 10.0 Å². The Balaban J connectivity index is 2.22. The zero-order valence-corrected chi connectivity index (χ0v) is 14.0. The van der Waals surface area contributed by atoms with Gasteiger partial charge in [-0.1, -0.05) is 29.3 Å². The lowest BCUT2D eigenvalue weighted by Crippen LogP contribution is -1.82. The highest BCUT2D eigenvalue weighted by Crippen LogP contribution is 2.35. The molecule has 2 nitrogen and oxygen atoms in total. The molecule has 0 spiro atoms. The van der Waals surface area contributed by atoms with Crippen LogP contribution >= 0.6 is 39.1 Å². The summed E-state index contributed by atoms with van der Waals surface area (Å²) in [5, 5.41) is 1.14. The number of nitrogens with one attached hydrogen (secondary N) is 1. The number of hydrogen-bond acceptors (Lipinski definition) is 1. The zero-order chi connectivity index (χ0) is 14.4. The molecule has 0 radical (unpaired) electrons. The van der Waals surface area contributed by atoms with Gasteiger partial charge in [0.25, 0.3) is 0 Å². The van der Waals surface area contributed by atoms with Gasteiger partial charge in [-0.15, -0.1) is 0 Å². The zero-order valence-electron chi connectivity index (χ0n) is 10.9. The van der Waals surface area contributed by atoms with E-state index in [1.54, 1.807) is 0 Å². The SMILES string of the molecule is Cc1cc(C)c2nc(-c3cc(Cl)c(Br)c(Cl)c3)[nH]c2c1. The predicted octanol–water partition coefficient (Wildman–Crippen LogP) is 5.92. The van der Waals surface area contributed by atoms with Crippen molar-refractivity contribution < 1.29 is 0 Å². The maximum Gasteiger partial charge on any atom is 0.138 e. The largest absolute Gasteiger partial charge is 0.338 e. The van der Waals surface area contributed by atoms with E-state index in [9.17, 15) is 0 Å². The molecule has 5 heteroatoms. The number of H-pyrrole nitrogens is 1. The number of nitrogens with zero attached hydrogens (tertiary/aromatic N) is 1. The van der Waals surface area contributed by atoms with Crippen LogP contribution in [-0.4, -0.2) is 9.97 Å². The number of aromatic nitrogens is 2. The van der Waals surface area contributed by atoms with E-state index >= 15 is 0 Å². The second kappa shape index (κ2) is 5.06. The summed E-state index contributed by atoms with van der Waals surface area (Å²) in [6.07, 6.45) is 0. The van der Waals surface area contributed by atoms with Gasteiger partial charge in [0, 0.05) is 5.56 Å². The maximum absolute atomic E-state index is 6.15. The van der Waals surface area contributed by atoms with Crippen LogP contribution in [0.1, 0.15) is 11.1 Å². The highest BCUT2D eigenvalue weighted by atomic mass is 79.9. The number of rotatable bonds is 1. The Labute approximate surface area is 135 Å². The molecule has 0 atom stereocenters. The van der Waals surface area contributed by atoms with E-state index in [4.69, 9.17) is 23.2 Å². The van der Waals surface area contributed by atoms with Gasteiger partial charge in [0.15, 0.2) is 0 Å². The van der Waals surface area contributed by atoms with Crippen LogP contribution < -0.4 is 0 Å². The molecule has 2 aromatic carbocycles. The van der Waals surface area contributed by atoms with Crippen LogP contribution in [0.15, 0.2) is 28.7 Å². The van der Waals surface area contributed by atoms with Gasteiger partial charge in [-0.2, -0.15) is 0 Å². The Hall–Kier alpha value is -1.03. The molecule has 3 aromatic rings. The molecule has 20 heavy (non-hydrogen) atoms. The minimum absolute atomic E-state index is 0.570. The normalized spacial score (nSPS) is 11.2. The van der Waals surface area contributed by atoms with Gasteiger partial charge in [-0.25, -0.2) is 4.98 Å². The lowest BCUT2D eigenvalue weighted by Gasteiger charge is -2.02. The van der Waals surface area contributed by atoms with Gasteiger partial charge >= 0.3 is 0 Å². The summed E-state index contributed by atoms with van der Waals surface area (Å²) in [7, 11) is 0. The monoisotopic (exact) mass is 368 g/mol. The molecule has 1 aromatic heterocycles. The van der Waals surface area contributed by atoms with E-state index in [1.807, 2.05) is 12.1 Å². The number of aryl methyl sites for hydroxylation is 2. The Kier molecular flexibility index (Phi) is 3.53. The van der Waals surface area contributed by atoms with Crippen LogP contribution in [0.3, 0.4) is 0 Å². The lowest BCUT2D eigenvalue weighted by atomic mass is 10.1. The summed E-state index contributed by atoms with van der Waals surface area (Å²) in [6.45, 7) is 4.13. The molecule has 1 N–H and O–H groups in total. The molecule has 0 aliphatic rings. The van der Waals surface area contributed by atoms with Crippen LogP contribution in [0, 0.1) is 13.8 Å². The summed E-state index contributed by atoms with van der Waals surface area (Å²) in [4.78, 5) is 7.97. The molecule has 102 valence electrons. The number of aromatic amines is 1. The fraction of sp³-hybridized carbons (Fsp3) is 0.133. The van der Waals surface area contributed by atoms with Crippen molar-refractivity contribution in [3.8, 4) is 11.4 Å². The van der Waals surface area contributed by atoms with Gasteiger partial charge in [0.1, 0.15) is 5.82 Å². The first-order valence-electron chi connectivity index (χ1n) is 6.07. The second-order valence-corrected chi connectivity index (χ2v) is 6.42. The van der Waals surface area contributed by atoms with Crippen molar-refractivity contribution in [2.45, 2.75) is 13.8 Å². The molecule has 0 saturated carbocycles. The summed E-state index contributed by atoms with van der Waals surface area (Å²) >= 11 is 15.6. The summed E-state index contributed by atoms with van der Waals surface area (Å²) in [6, 6.07) is 7.89. The Morgan fingerprint density at radius 3 is 2.35 bits per heavy atom. The number of halogens is 3. The number of fused-ring (bicyclic) bond motifs is 1. The van der Waals surface area contributed by atoms with Crippen molar-refractivity contribution in [1.29, 1.82) is 0 Å². The smallest absolute Gasteiger partial charge is 0.138 e. The van der Waals surface area contributed by atoms with E-state index in [0.29, 0.717) is 14.5 Å². The summed E-state index contributed by atoms with van der Waals surface area (Å²) in [5.74, 6) is 0.769. The highest BCUT2D eigenvalue weighted by Gasteiger charge is 2.11. The third-order valence-electron chi connectivity index (χ3n) is 3.18. The molecular weight excluding hydrogens is 359 g/mol. The Morgan fingerprint density at radius 2 is 1.70 bits per heavy atom. The quantitative estimate of drug-likeness (QED) is 0.530. The van der Waals surface area contributed by atoms with Gasteiger partial charge in [0.05, 0.1) is 25.6 Å². The molecule has 0 aliphatic heterocycles. The first kappa shape index (κ1) is 13.9. The third-order valence-corrected chi connectivity index (χ3v) is 5.09. The molecule has 0 bridgehead atoms. The summed E-state index contributed by atoms with van der Waals surface area (Å²) < 4.78 is 0.702. The second-order valence-electron chi connectivity index (χ2n) is 4.82. The van der Waals surface area contributed by atoms with Crippen molar-refractivity contribution in [3.05, 3.63) is 49.9 Å². The van der Waals surface area contributed by atoms with E-state index in [-0.39, 0.29) is 0 Å². The van der Waals surface area contributed by atoms with Crippen molar-refractivity contribution in [3.63, 3.8) is 0 Å². The summed E-state index contributed by atoms with van der Waals surface area (Å²) in [5.41, 5.74) is 5.22. The Morgan fingerprint density at radius 1 is 1.05 bits per heavy atom. The van der Waals surface area contributed by atoms with Crippen molar-refractivity contribution >= 4 is 50.2 Å². The first-order chi connectivity index (χ1) is 9.45. The number of hydrogen-bond donors (Lipinski definition) is 1. The topological polar surface area (TPSA) is 28.7 Å². The Bertz CT molecular complexity index is 801. The van der Waals surface area contributed by atoms with Crippen molar-refractivity contribution in [2.24, 2.45) is 0 Å².